The maximum absolute atomic E-state index is 8.91. The minimum Gasteiger partial charge on any atom is -0.390 e. The molecule has 78 valence electrons. The smallest absolute Gasteiger partial charge is 0.185 e. The van der Waals surface area contributed by atoms with Crippen LogP contribution < -0.4 is 4.90 Å². The molecule has 0 unspecified atom stereocenters. The third-order valence-corrected chi connectivity index (χ3v) is 3.14. The van der Waals surface area contributed by atoms with Crippen LogP contribution >= 0.6 is 11.3 Å². The zero-order valence-corrected chi connectivity index (χ0v) is 8.79. The topological polar surface area (TPSA) is 45.6 Å². The molecule has 1 aromatic rings. The van der Waals surface area contributed by atoms with Gasteiger partial charge in [-0.05, 0) is 6.42 Å². The van der Waals surface area contributed by atoms with Crippen LogP contribution in [0.25, 0.3) is 0 Å². The minimum absolute atomic E-state index is 0.0286. The van der Waals surface area contributed by atoms with Gasteiger partial charge in [-0.3, -0.25) is 0 Å². The first-order valence-corrected chi connectivity index (χ1v) is 5.66. The molecule has 0 aliphatic carbocycles. The first kappa shape index (κ1) is 9.89. The number of anilines is 1. The van der Waals surface area contributed by atoms with Gasteiger partial charge in [0.1, 0.15) is 0 Å². The molecule has 0 aromatic carbocycles. The lowest BCUT2D eigenvalue weighted by Gasteiger charge is -2.17. The summed E-state index contributed by atoms with van der Waals surface area (Å²) in [6, 6.07) is 0. The van der Waals surface area contributed by atoms with Crippen molar-refractivity contribution in [3.05, 3.63) is 11.1 Å². The Hall–Kier alpha value is -0.650. The fourth-order valence-electron chi connectivity index (χ4n) is 1.45. The van der Waals surface area contributed by atoms with Gasteiger partial charge >= 0.3 is 0 Å². The van der Waals surface area contributed by atoms with Gasteiger partial charge in [0.05, 0.1) is 18.9 Å². The number of aromatic nitrogens is 1. The monoisotopic (exact) mass is 214 g/mol. The highest BCUT2D eigenvalue weighted by Crippen LogP contribution is 2.21. The molecule has 0 spiro atoms. The zero-order chi connectivity index (χ0) is 9.80. The molecule has 1 aliphatic rings. The molecular weight excluding hydrogens is 200 g/mol. The molecule has 1 saturated heterocycles. The Balaban J connectivity index is 2.04. The van der Waals surface area contributed by atoms with Crippen molar-refractivity contribution in [2.24, 2.45) is 0 Å². The Morgan fingerprint density at radius 3 is 3.21 bits per heavy atom. The SMILES string of the molecule is OCc1csc(N2CCCOCC2)n1. The number of hydrogen-bond acceptors (Lipinski definition) is 5. The molecule has 4 nitrogen and oxygen atoms in total. The zero-order valence-electron chi connectivity index (χ0n) is 7.98. The predicted molar refractivity (Wildman–Crippen MR) is 55.7 cm³/mol. The van der Waals surface area contributed by atoms with Crippen molar-refractivity contribution < 1.29 is 9.84 Å². The summed E-state index contributed by atoms with van der Waals surface area (Å²) in [6.07, 6.45) is 1.05. The summed E-state index contributed by atoms with van der Waals surface area (Å²) >= 11 is 1.59. The molecule has 2 heterocycles. The summed E-state index contributed by atoms with van der Waals surface area (Å²) in [7, 11) is 0. The van der Waals surface area contributed by atoms with Crippen molar-refractivity contribution in [1.29, 1.82) is 0 Å². The lowest BCUT2D eigenvalue weighted by atomic mass is 10.4. The van der Waals surface area contributed by atoms with Gasteiger partial charge in [-0.25, -0.2) is 4.98 Å². The van der Waals surface area contributed by atoms with E-state index >= 15 is 0 Å². The number of ether oxygens (including phenoxy) is 1. The second-order valence-corrected chi connectivity index (χ2v) is 4.07. The summed E-state index contributed by atoms with van der Waals surface area (Å²) < 4.78 is 5.37. The van der Waals surface area contributed by atoms with Gasteiger partial charge in [0.15, 0.2) is 5.13 Å². The van der Waals surface area contributed by atoms with Crippen LogP contribution in [0.4, 0.5) is 5.13 Å². The van der Waals surface area contributed by atoms with Gasteiger partial charge in [0, 0.05) is 25.1 Å². The molecule has 0 atom stereocenters. The Morgan fingerprint density at radius 1 is 1.50 bits per heavy atom. The van der Waals surface area contributed by atoms with E-state index in [4.69, 9.17) is 9.84 Å². The molecule has 1 fully saturated rings. The minimum atomic E-state index is 0.0286. The molecule has 0 saturated carbocycles. The average Bonchev–Trinajstić information content (AvgIpc) is 2.53. The lowest BCUT2D eigenvalue weighted by molar-refractivity contribution is 0.152. The van der Waals surface area contributed by atoms with Crippen molar-refractivity contribution in [2.45, 2.75) is 13.0 Å². The van der Waals surface area contributed by atoms with E-state index < -0.39 is 0 Å². The summed E-state index contributed by atoms with van der Waals surface area (Å²) in [5, 5.41) is 11.8. The highest BCUT2D eigenvalue weighted by molar-refractivity contribution is 7.13. The van der Waals surface area contributed by atoms with Gasteiger partial charge in [-0.2, -0.15) is 0 Å². The average molecular weight is 214 g/mol. The van der Waals surface area contributed by atoms with Crippen LogP contribution in [-0.4, -0.2) is 36.4 Å². The number of aliphatic hydroxyl groups is 1. The first-order chi connectivity index (χ1) is 6.90. The van der Waals surface area contributed by atoms with Gasteiger partial charge in [-0.15, -0.1) is 11.3 Å². The van der Waals surface area contributed by atoms with Crippen molar-refractivity contribution in [3.8, 4) is 0 Å². The van der Waals surface area contributed by atoms with Crippen molar-refractivity contribution >= 4 is 16.5 Å². The van der Waals surface area contributed by atoms with Gasteiger partial charge in [-0.1, -0.05) is 0 Å². The number of nitrogens with zero attached hydrogens (tertiary/aromatic N) is 2. The number of hydrogen-bond donors (Lipinski definition) is 1. The first-order valence-electron chi connectivity index (χ1n) is 4.78. The predicted octanol–water partition coefficient (Wildman–Crippen LogP) is 0.862. The molecule has 1 aliphatic heterocycles. The normalized spacial score (nSPS) is 18.2. The maximum Gasteiger partial charge on any atom is 0.185 e. The molecule has 1 aromatic heterocycles. The highest BCUT2D eigenvalue weighted by atomic mass is 32.1. The van der Waals surface area contributed by atoms with Gasteiger partial charge in [0.25, 0.3) is 0 Å². The highest BCUT2D eigenvalue weighted by Gasteiger charge is 2.12. The number of rotatable bonds is 2. The Kier molecular flexibility index (Phi) is 3.34. The van der Waals surface area contributed by atoms with E-state index in [0.29, 0.717) is 0 Å². The van der Waals surface area contributed by atoms with Crippen LogP contribution in [0.5, 0.6) is 0 Å². The Bertz CT molecular complexity index is 282. The molecule has 14 heavy (non-hydrogen) atoms. The van der Waals surface area contributed by atoms with Crippen molar-refractivity contribution in [2.75, 3.05) is 31.2 Å². The number of thiazole rings is 1. The quantitative estimate of drug-likeness (QED) is 0.793. The van der Waals surface area contributed by atoms with E-state index in [-0.39, 0.29) is 6.61 Å². The van der Waals surface area contributed by atoms with Crippen LogP contribution in [0.2, 0.25) is 0 Å². The van der Waals surface area contributed by atoms with Crippen molar-refractivity contribution in [1.82, 2.24) is 4.98 Å². The standard InChI is InChI=1S/C9H14N2O2S/c12-6-8-7-14-9(10-8)11-2-1-4-13-5-3-11/h7,12H,1-6H2. The van der Waals surface area contributed by atoms with Crippen LogP contribution in [0.3, 0.4) is 0 Å². The van der Waals surface area contributed by atoms with E-state index in [1.54, 1.807) is 11.3 Å². The summed E-state index contributed by atoms with van der Waals surface area (Å²) in [5.41, 5.74) is 0.759. The second-order valence-electron chi connectivity index (χ2n) is 3.23. The van der Waals surface area contributed by atoms with Gasteiger partial charge in [0.2, 0.25) is 0 Å². The van der Waals surface area contributed by atoms with E-state index in [2.05, 4.69) is 9.88 Å². The molecule has 2 rings (SSSR count). The number of aliphatic hydroxyl groups excluding tert-OH is 1. The van der Waals surface area contributed by atoms with E-state index in [9.17, 15) is 0 Å². The van der Waals surface area contributed by atoms with Crippen LogP contribution in [0.15, 0.2) is 5.38 Å². The molecule has 5 heteroatoms. The largest absolute Gasteiger partial charge is 0.390 e. The van der Waals surface area contributed by atoms with E-state index in [1.165, 1.54) is 0 Å². The Morgan fingerprint density at radius 2 is 2.43 bits per heavy atom. The molecule has 0 bridgehead atoms. The van der Waals surface area contributed by atoms with E-state index in [0.717, 1.165) is 43.5 Å². The summed E-state index contributed by atoms with van der Waals surface area (Å²) in [6.45, 7) is 3.54. The van der Waals surface area contributed by atoms with Crippen LogP contribution in [0, 0.1) is 0 Å². The maximum atomic E-state index is 8.91. The fourth-order valence-corrected chi connectivity index (χ4v) is 2.32. The van der Waals surface area contributed by atoms with E-state index in [1.807, 2.05) is 5.38 Å². The molecule has 1 N–H and O–H groups in total. The van der Waals surface area contributed by atoms with Crippen LogP contribution in [-0.2, 0) is 11.3 Å². The van der Waals surface area contributed by atoms with Crippen LogP contribution in [0.1, 0.15) is 12.1 Å². The molecular formula is C9H14N2O2S. The molecule has 0 amide bonds. The van der Waals surface area contributed by atoms with Crippen molar-refractivity contribution in [3.63, 3.8) is 0 Å². The van der Waals surface area contributed by atoms with Gasteiger partial charge < -0.3 is 14.7 Å². The summed E-state index contributed by atoms with van der Waals surface area (Å²) in [4.78, 5) is 6.55. The third kappa shape index (κ3) is 2.23. The second kappa shape index (κ2) is 4.72. The fraction of sp³-hybridized carbons (Fsp3) is 0.667. The third-order valence-electron chi connectivity index (χ3n) is 2.19. The molecule has 0 radical (unpaired) electrons. The Labute approximate surface area is 87.1 Å². The summed E-state index contributed by atoms with van der Waals surface area (Å²) in [5.74, 6) is 0. The lowest BCUT2D eigenvalue weighted by Crippen LogP contribution is -2.25.